The van der Waals surface area contributed by atoms with Crippen LogP contribution in [0.5, 0.6) is 5.75 Å². The lowest BCUT2D eigenvalue weighted by molar-refractivity contribution is -0.0358. The SMILES string of the molecule is CC(C)(C)OC(=O)OCOc1cccc2ccccc12. The molecule has 4 nitrogen and oxygen atoms in total. The topological polar surface area (TPSA) is 44.8 Å². The van der Waals surface area contributed by atoms with E-state index >= 15 is 0 Å². The lowest BCUT2D eigenvalue weighted by Crippen LogP contribution is -2.25. The third kappa shape index (κ3) is 3.88. The van der Waals surface area contributed by atoms with Crippen molar-refractivity contribution in [2.45, 2.75) is 26.4 Å². The molecule has 0 N–H and O–H groups in total. The molecule has 2 rings (SSSR count). The van der Waals surface area contributed by atoms with Gasteiger partial charge in [0, 0.05) is 5.39 Å². The van der Waals surface area contributed by atoms with Gasteiger partial charge in [0.25, 0.3) is 0 Å². The van der Waals surface area contributed by atoms with Crippen LogP contribution in [0.4, 0.5) is 4.79 Å². The van der Waals surface area contributed by atoms with Crippen molar-refractivity contribution in [3.8, 4) is 5.75 Å². The molecule has 0 fully saturated rings. The van der Waals surface area contributed by atoms with Crippen molar-refractivity contribution < 1.29 is 19.0 Å². The van der Waals surface area contributed by atoms with Crippen LogP contribution >= 0.6 is 0 Å². The Morgan fingerprint density at radius 2 is 1.75 bits per heavy atom. The number of fused-ring (bicyclic) bond motifs is 1. The summed E-state index contributed by atoms with van der Waals surface area (Å²) in [5.41, 5.74) is -0.573. The zero-order chi connectivity index (χ0) is 14.6. The molecule has 0 unspecified atom stereocenters. The van der Waals surface area contributed by atoms with Crippen LogP contribution < -0.4 is 4.74 Å². The van der Waals surface area contributed by atoms with Crippen LogP contribution in [0.1, 0.15) is 20.8 Å². The molecular formula is C16H18O4. The summed E-state index contributed by atoms with van der Waals surface area (Å²) in [4.78, 5) is 11.4. The number of ether oxygens (including phenoxy) is 3. The van der Waals surface area contributed by atoms with Crippen LogP contribution in [0.25, 0.3) is 10.8 Å². The minimum atomic E-state index is -0.738. The van der Waals surface area contributed by atoms with Gasteiger partial charge in [-0.15, -0.1) is 0 Å². The van der Waals surface area contributed by atoms with E-state index in [9.17, 15) is 4.79 Å². The van der Waals surface area contributed by atoms with Gasteiger partial charge < -0.3 is 14.2 Å². The predicted octanol–water partition coefficient (Wildman–Crippen LogP) is 4.13. The minimum Gasteiger partial charge on any atom is -0.457 e. The molecule has 0 radical (unpaired) electrons. The third-order valence-corrected chi connectivity index (χ3v) is 2.53. The largest absolute Gasteiger partial charge is 0.511 e. The molecule has 0 saturated heterocycles. The van der Waals surface area contributed by atoms with Gasteiger partial charge in [0.2, 0.25) is 6.79 Å². The second-order valence-electron chi connectivity index (χ2n) is 5.35. The lowest BCUT2D eigenvalue weighted by Gasteiger charge is -2.18. The van der Waals surface area contributed by atoms with E-state index in [4.69, 9.17) is 14.2 Å². The summed E-state index contributed by atoms with van der Waals surface area (Å²) >= 11 is 0. The van der Waals surface area contributed by atoms with E-state index < -0.39 is 11.8 Å². The van der Waals surface area contributed by atoms with Crippen molar-refractivity contribution in [2.75, 3.05) is 6.79 Å². The summed E-state index contributed by atoms with van der Waals surface area (Å²) in [6, 6.07) is 13.6. The Bertz CT molecular complexity index is 593. The van der Waals surface area contributed by atoms with Crippen LogP contribution in [-0.4, -0.2) is 18.5 Å². The highest BCUT2D eigenvalue weighted by Crippen LogP contribution is 2.25. The van der Waals surface area contributed by atoms with E-state index in [1.165, 1.54) is 0 Å². The summed E-state index contributed by atoms with van der Waals surface area (Å²) in [5, 5.41) is 2.05. The van der Waals surface area contributed by atoms with Crippen molar-refractivity contribution in [1.29, 1.82) is 0 Å². The van der Waals surface area contributed by atoms with Gasteiger partial charge in [-0.25, -0.2) is 4.79 Å². The first-order valence-corrected chi connectivity index (χ1v) is 6.42. The van der Waals surface area contributed by atoms with E-state index in [1.54, 1.807) is 20.8 Å². The molecule has 0 aromatic heterocycles. The van der Waals surface area contributed by atoms with Crippen molar-refractivity contribution in [3.63, 3.8) is 0 Å². The van der Waals surface area contributed by atoms with Crippen LogP contribution in [-0.2, 0) is 9.47 Å². The quantitative estimate of drug-likeness (QED) is 0.623. The smallest absolute Gasteiger partial charge is 0.457 e. The maximum atomic E-state index is 11.4. The minimum absolute atomic E-state index is 0.178. The number of hydrogen-bond acceptors (Lipinski definition) is 4. The highest BCUT2D eigenvalue weighted by atomic mass is 16.8. The van der Waals surface area contributed by atoms with E-state index in [-0.39, 0.29) is 6.79 Å². The number of carbonyl (C=O) groups excluding carboxylic acids is 1. The zero-order valence-corrected chi connectivity index (χ0v) is 11.9. The summed E-state index contributed by atoms with van der Waals surface area (Å²) in [6.07, 6.45) is -0.738. The lowest BCUT2D eigenvalue weighted by atomic mass is 10.1. The van der Waals surface area contributed by atoms with Crippen LogP contribution in [0.2, 0.25) is 0 Å². The first-order chi connectivity index (χ1) is 9.46. The molecule has 2 aromatic carbocycles. The molecule has 0 bridgehead atoms. The summed E-state index contributed by atoms with van der Waals surface area (Å²) in [7, 11) is 0. The predicted molar refractivity (Wildman–Crippen MR) is 76.8 cm³/mol. The van der Waals surface area contributed by atoms with E-state index in [1.807, 2.05) is 42.5 Å². The fourth-order valence-corrected chi connectivity index (χ4v) is 1.74. The molecule has 0 spiro atoms. The normalized spacial score (nSPS) is 11.2. The van der Waals surface area contributed by atoms with Gasteiger partial charge in [0.05, 0.1) is 0 Å². The van der Waals surface area contributed by atoms with Crippen LogP contribution in [0, 0.1) is 0 Å². The molecule has 0 aliphatic heterocycles. The molecule has 0 saturated carbocycles. The average molecular weight is 274 g/mol. The van der Waals surface area contributed by atoms with E-state index in [0.29, 0.717) is 5.75 Å². The van der Waals surface area contributed by atoms with Crippen LogP contribution in [0.3, 0.4) is 0 Å². The van der Waals surface area contributed by atoms with E-state index in [2.05, 4.69) is 0 Å². The van der Waals surface area contributed by atoms with E-state index in [0.717, 1.165) is 10.8 Å². The van der Waals surface area contributed by atoms with Gasteiger partial charge in [-0.05, 0) is 32.2 Å². The first-order valence-electron chi connectivity index (χ1n) is 6.42. The molecule has 2 aromatic rings. The molecule has 4 heteroatoms. The van der Waals surface area contributed by atoms with Crippen molar-refractivity contribution in [2.24, 2.45) is 0 Å². The van der Waals surface area contributed by atoms with Crippen molar-refractivity contribution >= 4 is 16.9 Å². The van der Waals surface area contributed by atoms with Gasteiger partial charge in [-0.1, -0.05) is 36.4 Å². The number of benzene rings is 2. The second-order valence-corrected chi connectivity index (χ2v) is 5.35. The Labute approximate surface area is 118 Å². The first kappa shape index (κ1) is 14.2. The van der Waals surface area contributed by atoms with Crippen molar-refractivity contribution in [1.82, 2.24) is 0 Å². The van der Waals surface area contributed by atoms with Gasteiger partial charge in [-0.2, -0.15) is 0 Å². The Balaban J connectivity index is 1.95. The maximum Gasteiger partial charge on any atom is 0.511 e. The fraction of sp³-hybridized carbons (Fsp3) is 0.312. The average Bonchev–Trinajstić information content (AvgIpc) is 2.37. The molecular weight excluding hydrogens is 256 g/mol. The Morgan fingerprint density at radius 1 is 1.05 bits per heavy atom. The molecule has 20 heavy (non-hydrogen) atoms. The Morgan fingerprint density at radius 3 is 2.50 bits per heavy atom. The van der Waals surface area contributed by atoms with Crippen molar-refractivity contribution in [3.05, 3.63) is 42.5 Å². The van der Waals surface area contributed by atoms with Gasteiger partial charge in [-0.3, -0.25) is 0 Å². The fourth-order valence-electron chi connectivity index (χ4n) is 1.74. The highest BCUT2D eigenvalue weighted by molar-refractivity contribution is 5.88. The summed E-state index contributed by atoms with van der Waals surface area (Å²) < 4.78 is 15.4. The molecule has 0 aliphatic carbocycles. The maximum absolute atomic E-state index is 11.4. The molecule has 0 aliphatic rings. The standard InChI is InChI=1S/C16H18O4/c1-16(2,3)20-15(17)19-11-18-14-10-6-8-12-7-4-5-9-13(12)14/h4-10H,11H2,1-3H3. The summed E-state index contributed by atoms with van der Waals surface area (Å²) in [6.45, 7) is 5.16. The van der Waals surface area contributed by atoms with Crippen LogP contribution in [0.15, 0.2) is 42.5 Å². The third-order valence-electron chi connectivity index (χ3n) is 2.53. The molecule has 0 amide bonds. The second kappa shape index (κ2) is 5.82. The van der Waals surface area contributed by atoms with Gasteiger partial charge >= 0.3 is 6.16 Å². The number of rotatable bonds is 3. The van der Waals surface area contributed by atoms with Gasteiger partial charge in [0.15, 0.2) is 0 Å². The molecule has 0 heterocycles. The highest BCUT2D eigenvalue weighted by Gasteiger charge is 2.17. The molecule has 106 valence electrons. The van der Waals surface area contributed by atoms with Gasteiger partial charge in [0.1, 0.15) is 11.4 Å². The number of carbonyl (C=O) groups is 1. The Kier molecular flexibility index (Phi) is 4.13. The zero-order valence-electron chi connectivity index (χ0n) is 11.9. The molecule has 0 atom stereocenters. The number of hydrogen-bond donors (Lipinski definition) is 0. The Hall–Kier alpha value is -2.23. The summed E-state index contributed by atoms with van der Waals surface area (Å²) in [5.74, 6) is 0.673. The monoisotopic (exact) mass is 274 g/mol.